The van der Waals surface area contributed by atoms with E-state index in [2.05, 4.69) is 16.3 Å². The summed E-state index contributed by atoms with van der Waals surface area (Å²) in [5.41, 5.74) is 2.24. The number of rotatable bonds is 5. The van der Waals surface area contributed by atoms with Gasteiger partial charge in [-0.25, -0.2) is 4.79 Å². The van der Waals surface area contributed by atoms with Gasteiger partial charge in [-0.05, 0) is 43.3 Å². The van der Waals surface area contributed by atoms with Crippen molar-refractivity contribution < 1.29 is 14.3 Å². The van der Waals surface area contributed by atoms with Gasteiger partial charge in [0.2, 0.25) is 5.91 Å². The molecule has 0 atom stereocenters. The first-order valence-electron chi connectivity index (χ1n) is 8.21. The zero-order valence-electron chi connectivity index (χ0n) is 14.0. The highest BCUT2D eigenvalue weighted by atomic mass is 32.2. The molecule has 0 radical (unpaired) electrons. The number of hydrogen-bond acceptors (Lipinski definition) is 5. The first-order chi connectivity index (χ1) is 12.2. The lowest BCUT2D eigenvalue weighted by atomic mass is 10.2. The summed E-state index contributed by atoms with van der Waals surface area (Å²) >= 11 is 1.81. The van der Waals surface area contributed by atoms with Crippen molar-refractivity contribution in [2.45, 2.75) is 11.8 Å². The van der Waals surface area contributed by atoms with Crippen LogP contribution in [0.25, 0.3) is 0 Å². The van der Waals surface area contributed by atoms with Crippen LogP contribution in [0.1, 0.15) is 17.3 Å². The maximum absolute atomic E-state index is 12.4. The van der Waals surface area contributed by atoms with Crippen molar-refractivity contribution in [1.82, 2.24) is 0 Å². The Morgan fingerprint density at radius 2 is 1.92 bits per heavy atom. The molecule has 6 heteroatoms. The molecular weight excluding hydrogens is 336 g/mol. The molecule has 130 valence electrons. The molecule has 0 saturated heterocycles. The van der Waals surface area contributed by atoms with Crippen molar-refractivity contribution in [2.75, 3.05) is 35.7 Å². The van der Waals surface area contributed by atoms with E-state index in [9.17, 15) is 9.59 Å². The molecule has 25 heavy (non-hydrogen) atoms. The molecule has 0 spiro atoms. The molecule has 0 unspecified atom stereocenters. The molecule has 1 aliphatic rings. The summed E-state index contributed by atoms with van der Waals surface area (Å²) in [6.45, 7) is 3.25. The third-order valence-corrected chi connectivity index (χ3v) is 4.88. The normalized spacial score (nSPS) is 13.1. The number of benzene rings is 2. The summed E-state index contributed by atoms with van der Waals surface area (Å²) in [6, 6.07) is 14.9. The topological polar surface area (TPSA) is 58.6 Å². The number of ether oxygens (including phenoxy) is 1. The van der Waals surface area contributed by atoms with Gasteiger partial charge in [0.1, 0.15) is 0 Å². The van der Waals surface area contributed by atoms with Gasteiger partial charge in [-0.1, -0.05) is 12.1 Å². The predicted molar refractivity (Wildman–Crippen MR) is 100 cm³/mol. The van der Waals surface area contributed by atoms with Crippen LogP contribution in [-0.2, 0) is 9.53 Å². The Labute approximate surface area is 151 Å². The zero-order valence-corrected chi connectivity index (χ0v) is 14.8. The quantitative estimate of drug-likeness (QED) is 0.832. The van der Waals surface area contributed by atoms with E-state index in [4.69, 9.17) is 4.74 Å². The van der Waals surface area contributed by atoms with E-state index in [1.54, 1.807) is 31.2 Å². The van der Waals surface area contributed by atoms with E-state index in [0.717, 1.165) is 18.0 Å². The highest BCUT2D eigenvalue weighted by molar-refractivity contribution is 7.99. The minimum atomic E-state index is -0.359. The largest absolute Gasteiger partial charge is 0.462 e. The number of amides is 1. The molecule has 1 aliphatic heterocycles. The lowest BCUT2D eigenvalue weighted by Gasteiger charge is -2.30. The van der Waals surface area contributed by atoms with Gasteiger partial charge in [0, 0.05) is 22.9 Å². The summed E-state index contributed by atoms with van der Waals surface area (Å²) in [4.78, 5) is 27.3. The third kappa shape index (κ3) is 4.33. The van der Waals surface area contributed by atoms with Crippen LogP contribution in [0.5, 0.6) is 0 Å². The van der Waals surface area contributed by atoms with Crippen molar-refractivity contribution >= 4 is 35.0 Å². The Hall–Kier alpha value is -2.47. The first-order valence-corrected chi connectivity index (χ1v) is 9.19. The van der Waals surface area contributed by atoms with Crippen molar-refractivity contribution in [3.05, 3.63) is 54.1 Å². The van der Waals surface area contributed by atoms with Gasteiger partial charge in [-0.2, -0.15) is 0 Å². The first kappa shape index (κ1) is 17.4. The molecule has 0 saturated carbocycles. The molecule has 2 aromatic rings. The van der Waals surface area contributed by atoms with Gasteiger partial charge >= 0.3 is 5.97 Å². The van der Waals surface area contributed by atoms with E-state index in [0.29, 0.717) is 24.4 Å². The van der Waals surface area contributed by atoms with Gasteiger partial charge < -0.3 is 15.0 Å². The molecule has 0 bridgehead atoms. The molecule has 1 heterocycles. The monoisotopic (exact) mass is 356 g/mol. The van der Waals surface area contributed by atoms with Crippen LogP contribution in [0.3, 0.4) is 0 Å². The Morgan fingerprint density at radius 3 is 2.68 bits per heavy atom. The smallest absolute Gasteiger partial charge is 0.338 e. The van der Waals surface area contributed by atoms with Gasteiger partial charge in [-0.15, -0.1) is 11.8 Å². The summed E-state index contributed by atoms with van der Waals surface area (Å²) in [5.74, 6) is 0.534. The molecule has 5 nitrogen and oxygen atoms in total. The molecule has 0 aromatic heterocycles. The minimum Gasteiger partial charge on any atom is -0.462 e. The zero-order chi connectivity index (χ0) is 17.6. The number of thioether (sulfide) groups is 1. The molecule has 2 aromatic carbocycles. The molecule has 0 fully saturated rings. The van der Waals surface area contributed by atoms with Gasteiger partial charge in [0.25, 0.3) is 0 Å². The van der Waals surface area contributed by atoms with Crippen molar-refractivity contribution in [1.29, 1.82) is 0 Å². The Morgan fingerprint density at radius 1 is 1.16 bits per heavy atom. The van der Waals surface area contributed by atoms with E-state index in [1.807, 2.05) is 30.0 Å². The fourth-order valence-corrected chi connectivity index (χ4v) is 3.72. The van der Waals surface area contributed by atoms with E-state index in [1.165, 1.54) is 4.90 Å². The summed E-state index contributed by atoms with van der Waals surface area (Å²) in [6.07, 6.45) is 0. The fourth-order valence-electron chi connectivity index (χ4n) is 2.67. The van der Waals surface area contributed by atoms with Crippen molar-refractivity contribution in [3.8, 4) is 0 Å². The number of esters is 1. The number of nitrogens with zero attached hydrogens (tertiary/aromatic N) is 1. The SMILES string of the molecule is CCOC(=O)c1ccc(NC(=O)CN2CCSc3ccccc32)cc1. The van der Waals surface area contributed by atoms with Crippen LogP contribution in [-0.4, -0.2) is 37.3 Å². The molecule has 3 rings (SSSR count). The highest BCUT2D eigenvalue weighted by Gasteiger charge is 2.19. The van der Waals surface area contributed by atoms with Crippen molar-refractivity contribution in [2.24, 2.45) is 0 Å². The number of carbonyl (C=O) groups excluding carboxylic acids is 2. The summed E-state index contributed by atoms with van der Waals surface area (Å²) in [5, 5.41) is 2.88. The van der Waals surface area contributed by atoms with Gasteiger partial charge in [-0.3, -0.25) is 4.79 Å². The van der Waals surface area contributed by atoms with Gasteiger partial charge in [0.05, 0.1) is 24.4 Å². The number of fused-ring (bicyclic) bond motifs is 1. The number of nitrogens with one attached hydrogen (secondary N) is 1. The minimum absolute atomic E-state index is 0.0782. The second kappa shape index (κ2) is 8.07. The lowest BCUT2D eigenvalue weighted by Crippen LogP contribution is -2.36. The van der Waals surface area contributed by atoms with Crippen molar-refractivity contribution in [3.63, 3.8) is 0 Å². The number of hydrogen-bond donors (Lipinski definition) is 1. The second-order valence-electron chi connectivity index (χ2n) is 5.58. The van der Waals surface area contributed by atoms with Crippen LogP contribution in [0, 0.1) is 0 Å². The van der Waals surface area contributed by atoms with Crippen LogP contribution < -0.4 is 10.2 Å². The second-order valence-corrected chi connectivity index (χ2v) is 6.72. The predicted octanol–water partition coefficient (Wildman–Crippen LogP) is 3.41. The fraction of sp³-hybridized carbons (Fsp3) is 0.263. The molecular formula is C19H20N2O3S. The number of anilines is 2. The van der Waals surface area contributed by atoms with E-state index >= 15 is 0 Å². The average molecular weight is 356 g/mol. The van der Waals surface area contributed by atoms with Crippen LogP contribution in [0.2, 0.25) is 0 Å². The van der Waals surface area contributed by atoms with Crippen LogP contribution in [0.15, 0.2) is 53.4 Å². The lowest BCUT2D eigenvalue weighted by molar-refractivity contribution is -0.115. The highest BCUT2D eigenvalue weighted by Crippen LogP contribution is 2.34. The third-order valence-electron chi connectivity index (χ3n) is 3.84. The molecule has 1 N–H and O–H groups in total. The maximum Gasteiger partial charge on any atom is 0.338 e. The van der Waals surface area contributed by atoms with E-state index in [-0.39, 0.29) is 11.9 Å². The number of para-hydroxylation sites is 1. The summed E-state index contributed by atoms with van der Waals surface area (Å²) < 4.78 is 4.95. The van der Waals surface area contributed by atoms with Crippen LogP contribution >= 0.6 is 11.8 Å². The Kier molecular flexibility index (Phi) is 5.60. The maximum atomic E-state index is 12.4. The summed E-state index contributed by atoms with van der Waals surface area (Å²) in [7, 11) is 0. The molecule has 0 aliphatic carbocycles. The molecule has 1 amide bonds. The Balaban J connectivity index is 1.61. The van der Waals surface area contributed by atoms with Gasteiger partial charge in [0.15, 0.2) is 0 Å². The Bertz CT molecular complexity index is 762. The standard InChI is InChI=1S/C19H20N2O3S/c1-2-24-19(23)14-7-9-15(10-8-14)20-18(22)13-21-11-12-25-17-6-4-3-5-16(17)21/h3-10H,2,11-13H2,1H3,(H,20,22). The van der Waals surface area contributed by atoms with E-state index < -0.39 is 0 Å². The average Bonchev–Trinajstić information content (AvgIpc) is 2.63. The number of carbonyl (C=O) groups is 2. The van der Waals surface area contributed by atoms with Crippen LogP contribution in [0.4, 0.5) is 11.4 Å².